The summed E-state index contributed by atoms with van der Waals surface area (Å²) in [4.78, 5) is 28.1. The number of carbonyl (C=O) groups excluding carboxylic acids is 2. The smallest absolute Gasteiger partial charge is 0.410 e. The maximum atomic E-state index is 12.8. The summed E-state index contributed by atoms with van der Waals surface area (Å²) in [6, 6.07) is 6.54. The van der Waals surface area contributed by atoms with Gasteiger partial charge in [0.1, 0.15) is 12.1 Å². The molecule has 1 unspecified atom stereocenters. The zero-order valence-electron chi connectivity index (χ0n) is 16.3. The van der Waals surface area contributed by atoms with E-state index in [2.05, 4.69) is 32.0 Å². The molecular weight excluding hydrogens is 316 g/mol. The lowest BCUT2D eigenvalue weighted by Gasteiger charge is -2.29. The van der Waals surface area contributed by atoms with Gasteiger partial charge in [-0.25, -0.2) is 4.79 Å². The van der Waals surface area contributed by atoms with Crippen molar-refractivity contribution < 1.29 is 14.3 Å². The number of likely N-dealkylation sites (tertiary alicyclic amines) is 1. The van der Waals surface area contributed by atoms with Gasteiger partial charge in [-0.1, -0.05) is 29.3 Å². The summed E-state index contributed by atoms with van der Waals surface area (Å²) < 4.78 is 5.32. The van der Waals surface area contributed by atoms with Crippen molar-refractivity contribution in [1.82, 2.24) is 9.80 Å². The third-order valence-electron chi connectivity index (χ3n) is 4.28. The molecule has 0 aromatic heterocycles. The molecule has 0 saturated carbocycles. The summed E-state index contributed by atoms with van der Waals surface area (Å²) in [6.45, 7) is 10.4. The zero-order chi connectivity index (χ0) is 18.8. The Morgan fingerprint density at radius 2 is 1.80 bits per heavy atom. The fourth-order valence-corrected chi connectivity index (χ4v) is 3.31. The number of nitrogens with zero attached hydrogens (tertiary/aromatic N) is 2. The Bertz CT molecular complexity index is 629. The molecule has 1 atom stereocenters. The van der Waals surface area contributed by atoms with Crippen molar-refractivity contribution in [2.75, 3.05) is 20.1 Å². The van der Waals surface area contributed by atoms with Crippen molar-refractivity contribution >= 4 is 12.0 Å². The number of likely N-dealkylation sites (N-methyl/N-ethyl adjacent to an activating group) is 1. The predicted octanol–water partition coefficient (Wildman–Crippen LogP) is 3.83. The molecule has 25 heavy (non-hydrogen) atoms. The van der Waals surface area contributed by atoms with Crippen molar-refractivity contribution in [2.24, 2.45) is 0 Å². The Balaban J connectivity index is 2.06. The molecular formula is C20H30N2O3. The van der Waals surface area contributed by atoms with Gasteiger partial charge in [0, 0.05) is 13.6 Å². The van der Waals surface area contributed by atoms with Gasteiger partial charge < -0.3 is 14.5 Å². The van der Waals surface area contributed by atoms with Crippen molar-refractivity contribution in [3.63, 3.8) is 0 Å². The second-order valence-corrected chi connectivity index (χ2v) is 8.00. The van der Waals surface area contributed by atoms with Crippen LogP contribution in [-0.4, -0.2) is 47.5 Å². The minimum absolute atomic E-state index is 0.0324. The van der Waals surface area contributed by atoms with Gasteiger partial charge in [0.05, 0.1) is 6.04 Å². The van der Waals surface area contributed by atoms with Crippen LogP contribution in [-0.2, 0) is 9.53 Å². The molecule has 2 rings (SSSR count). The van der Waals surface area contributed by atoms with Crippen LogP contribution in [0.5, 0.6) is 0 Å². The highest BCUT2D eigenvalue weighted by atomic mass is 16.6. The highest BCUT2D eigenvalue weighted by Crippen LogP contribution is 2.33. The molecule has 1 aromatic carbocycles. The Morgan fingerprint density at radius 3 is 2.36 bits per heavy atom. The van der Waals surface area contributed by atoms with Gasteiger partial charge in [-0.2, -0.15) is 0 Å². The van der Waals surface area contributed by atoms with E-state index in [4.69, 9.17) is 4.74 Å². The first-order chi connectivity index (χ1) is 11.6. The van der Waals surface area contributed by atoms with Crippen LogP contribution in [0.4, 0.5) is 4.79 Å². The van der Waals surface area contributed by atoms with Crippen LogP contribution in [0.25, 0.3) is 0 Å². The first-order valence-electron chi connectivity index (χ1n) is 8.88. The van der Waals surface area contributed by atoms with E-state index in [0.717, 1.165) is 19.4 Å². The van der Waals surface area contributed by atoms with E-state index >= 15 is 0 Å². The number of ether oxygens (including phenoxy) is 1. The lowest BCUT2D eigenvalue weighted by Crippen LogP contribution is -2.42. The van der Waals surface area contributed by atoms with Crippen LogP contribution >= 0.6 is 0 Å². The van der Waals surface area contributed by atoms with Gasteiger partial charge in [0.2, 0.25) is 5.91 Å². The Hall–Kier alpha value is -2.04. The molecule has 138 valence electrons. The average Bonchev–Trinajstić information content (AvgIpc) is 2.93. The lowest BCUT2D eigenvalue weighted by molar-refractivity contribution is -0.133. The van der Waals surface area contributed by atoms with Crippen LogP contribution in [0.2, 0.25) is 0 Å². The highest BCUT2D eigenvalue weighted by Gasteiger charge is 2.31. The van der Waals surface area contributed by atoms with Crippen LogP contribution in [0, 0.1) is 13.8 Å². The van der Waals surface area contributed by atoms with Gasteiger partial charge in [0.25, 0.3) is 0 Å². The Kier molecular flexibility index (Phi) is 5.76. The molecule has 5 nitrogen and oxygen atoms in total. The number of hydrogen-bond donors (Lipinski definition) is 0. The maximum Gasteiger partial charge on any atom is 0.410 e. The molecule has 0 N–H and O–H groups in total. The Labute approximate surface area is 150 Å². The van der Waals surface area contributed by atoms with E-state index in [1.165, 1.54) is 21.6 Å². The number of carbonyl (C=O) groups is 2. The third-order valence-corrected chi connectivity index (χ3v) is 4.28. The monoisotopic (exact) mass is 346 g/mol. The molecule has 0 aliphatic carbocycles. The van der Waals surface area contributed by atoms with Crippen LogP contribution in [0.15, 0.2) is 18.2 Å². The second-order valence-electron chi connectivity index (χ2n) is 8.00. The number of aryl methyl sites for hydroxylation is 2. The third kappa shape index (κ3) is 5.21. The molecule has 1 fully saturated rings. The number of rotatable bonds is 3. The van der Waals surface area contributed by atoms with E-state index in [1.807, 2.05) is 25.7 Å². The molecule has 1 aliphatic heterocycles. The molecule has 1 aliphatic rings. The standard InChI is InChI=1S/C20H30N2O3/c1-14-10-15(2)12-16(11-14)17-8-7-9-22(17)18(23)13-21(6)19(24)25-20(3,4)5/h10-12,17H,7-9,13H2,1-6H3. The topological polar surface area (TPSA) is 49.9 Å². The van der Waals surface area contributed by atoms with E-state index in [1.54, 1.807) is 7.05 Å². The van der Waals surface area contributed by atoms with Crippen molar-refractivity contribution in [3.05, 3.63) is 34.9 Å². The summed E-state index contributed by atoms with van der Waals surface area (Å²) in [6.07, 6.45) is 1.48. The molecule has 1 saturated heterocycles. The van der Waals surface area contributed by atoms with Crippen molar-refractivity contribution in [1.29, 1.82) is 0 Å². The van der Waals surface area contributed by atoms with Gasteiger partial charge in [-0.3, -0.25) is 4.79 Å². The number of hydrogen-bond acceptors (Lipinski definition) is 3. The van der Waals surface area contributed by atoms with Crippen LogP contribution < -0.4 is 0 Å². The minimum Gasteiger partial charge on any atom is -0.444 e. The van der Waals surface area contributed by atoms with E-state index in [-0.39, 0.29) is 18.5 Å². The predicted molar refractivity (Wildman–Crippen MR) is 98.5 cm³/mol. The SMILES string of the molecule is Cc1cc(C)cc(C2CCCN2C(=O)CN(C)C(=O)OC(C)(C)C)c1. The van der Waals surface area contributed by atoms with E-state index < -0.39 is 11.7 Å². The first-order valence-corrected chi connectivity index (χ1v) is 8.88. The molecule has 2 amide bonds. The largest absolute Gasteiger partial charge is 0.444 e. The lowest BCUT2D eigenvalue weighted by atomic mass is 9.99. The molecule has 1 aromatic rings. The van der Waals surface area contributed by atoms with Gasteiger partial charge in [-0.05, 0) is 53.0 Å². The number of benzene rings is 1. The molecule has 0 spiro atoms. The fourth-order valence-electron chi connectivity index (χ4n) is 3.31. The molecule has 1 heterocycles. The van der Waals surface area contributed by atoms with Gasteiger partial charge in [0.15, 0.2) is 0 Å². The van der Waals surface area contributed by atoms with Crippen LogP contribution in [0.3, 0.4) is 0 Å². The normalized spacial score (nSPS) is 17.5. The quantitative estimate of drug-likeness (QED) is 0.836. The summed E-state index contributed by atoms with van der Waals surface area (Å²) in [5.41, 5.74) is 3.03. The summed E-state index contributed by atoms with van der Waals surface area (Å²) in [5, 5.41) is 0. The summed E-state index contributed by atoms with van der Waals surface area (Å²) >= 11 is 0. The first kappa shape index (κ1) is 19.3. The van der Waals surface area contributed by atoms with E-state index in [0.29, 0.717) is 0 Å². The Morgan fingerprint density at radius 1 is 1.20 bits per heavy atom. The van der Waals surface area contributed by atoms with Gasteiger partial charge >= 0.3 is 6.09 Å². The molecule has 0 bridgehead atoms. The molecule has 5 heteroatoms. The average molecular weight is 346 g/mol. The number of amides is 2. The van der Waals surface area contributed by atoms with Crippen molar-refractivity contribution in [3.8, 4) is 0 Å². The minimum atomic E-state index is -0.566. The van der Waals surface area contributed by atoms with Crippen LogP contribution in [0.1, 0.15) is 56.3 Å². The summed E-state index contributed by atoms with van der Waals surface area (Å²) in [7, 11) is 1.61. The zero-order valence-corrected chi connectivity index (χ0v) is 16.3. The van der Waals surface area contributed by atoms with Gasteiger partial charge in [-0.15, -0.1) is 0 Å². The van der Waals surface area contributed by atoms with E-state index in [9.17, 15) is 9.59 Å². The fraction of sp³-hybridized carbons (Fsp3) is 0.600. The second kappa shape index (κ2) is 7.46. The highest BCUT2D eigenvalue weighted by molar-refractivity contribution is 5.83. The molecule has 0 radical (unpaired) electrons. The summed E-state index contributed by atoms with van der Waals surface area (Å²) in [5.74, 6) is -0.0324. The maximum absolute atomic E-state index is 12.8. The van der Waals surface area contributed by atoms with Crippen molar-refractivity contribution in [2.45, 2.75) is 59.1 Å².